The van der Waals surface area contributed by atoms with Gasteiger partial charge in [-0.05, 0) is 134 Å². The SMILES string of the molecule is COC(=O)C(C)(C)NC(=O)C(C)(C)NC(=O)[C@H](CC(C)C)NC(=O)C(C)(C)NC(=O)C(C)(C)NC(=O)C(C)(C)NC(=O)C(C)(C)NC(=O)C(C)(C)NC(=O)c1ccc(Br)cc1. The van der Waals surface area contributed by atoms with Crippen LogP contribution in [0.5, 0.6) is 0 Å². The van der Waals surface area contributed by atoms with Crippen molar-refractivity contribution in [2.24, 2.45) is 5.92 Å². The smallest absolute Gasteiger partial charge is 0.330 e. The third kappa shape index (κ3) is 15.4. The van der Waals surface area contributed by atoms with Crippen LogP contribution in [0.25, 0.3) is 0 Å². The van der Waals surface area contributed by atoms with Crippen LogP contribution in [0.2, 0.25) is 0 Å². The lowest BCUT2D eigenvalue weighted by molar-refractivity contribution is -0.150. The first-order chi connectivity index (χ1) is 27.3. The standard InChI is InChI=1S/C42H67BrN8O10/c1-23(2)22-26(28(53)46-38(7,8)31(56)51-42(15,16)35(60)61-17)44-29(54)36(3,4)47-32(57)39(9,10)49-34(59)41(13,14)50-33(58)40(11,12)48-30(55)37(5,6)45-27(52)24-18-20-25(43)21-19-24/h18-21,23,26H,22H2,1-17H3,(H,44,54)(H,45,52)(H,46,53)(H,47,57)(H,48,55)(H,49,59)(H,50,58)(H,51,56)/t26-/m0/s1. The fraction of sp³-hybridized carbons (Fsp3) is 0.643. The van der Waals surface area contributed by atoms with E-state index in [4.69, 9.17) is 4.74 Å². The molecule has 0 bridgehead atoms. The number of amides is 8. The number of esters is 1. The average Bonchev–Trinajstić information content (AvgIpc) is 3.09. The first kappa shape index (κ1) is 53.9. The van der Waals surface area contributed by atoms with Gasteiger partial charge < -0.3 is 47.3 Å². The van der Waals surface area contributed by atoms with E-state index < -0.39 is 98.0 Å². The van der Waals surface area contributed by atoms with Crippen LogP contribution in [-0.2, 0) is 43.1 Å². The average molecular weight is 924 g/mol. The molecule has 8 N–H and O–H groups in total. The highest BCUT2D eigenvalue weighted by Crippen LogP contribution is 2.18. The highest BCUT2D eigenvalue weighted by Gasteiger charge is 2.44. The van der Waals surface area contributed by atoms with Gasteiger partial charge in [-0.15, -0.1) is 0 Å². The van der Waals surface area contributed by atoms with Crippen molar-refractivity contribution in [2.75, 3.05) is 7.11 Å². The van der Waals surface area contributed by atoms with Crippen molar-refractivity contribution in [3.8, 4) is 0 Å². The Bertz CT molecular complexity index is 1870. The van der Waals surface area contributed by atoms with Crippen molar-refractivity contribution in [1.82, 2.24) is 42.5 Å². The highest BCUT2D eigenvalue weighted by molar-refractivity contribution is 9.10. The van der Waals surface area contributed by atoms with E-state index in [1.165, 1.54) is 104 Å². The number of ether oxygens (including phenoxy) is 1. The Balaban J connectivity index is 3.03. The van der Waals surface area contributed by atoms with Gasteiger partial charge in [0.1, 0.15) is 44.8 Å². The van der Waals surface area contributed by atoms with Gasteiger partial charge >= 0.3 is 5.97 Å². The van der Waals surface area contributed by atoms with Gasteiger partial charge in [-0.3, -0.25) is 38.4 Å². The first-order valence-electron chi connectivity index (χ1n) is 19.8. The van der Waals surface area contributed by atoms with E-state index in [2.05, 4.69) is 58.5 Å². The second-order valence-electron chi connectivity index (χ2n) is 19.2. The van der Waals surface area contributed by atoms with Crippen LogP contribution in [0.15, 0.2) is 28.7 Å². The van der Waals surface area contributed by atoms with Crippen molar-refractivity contribution in [3.63, 3.8) is 0 Å². The lowest BCUT2D eigenvalue weighted by Gasteiger charge is -2.37. The zero-order valence-corrected chi connectivity index (χ0v) is 40.2. The summed E-state index contributed by atoms with van der Waals surface area (Å²) in [6, 6.07) is 5.39. The first-order valence-corrected chi connectivity index (χ1v) is 20.6. The normalized spacial score (nSPS) is 13.2. The molecule has 0 spiro atoms. The molecule has 0 unspecified atom stereocenters. The minimum atomic E-state index is -1.65. The summed E-state index contributed by atoms with van der Waals surface area (Å²) < 4.78 is 5.51. The summed E-state index contributed by atoms with van der Waals surface area (Å²) in [5.41, 5.74) is -10.5. The topological polar surface area (TPSA) is 259 Å². The largest absolute Gasteiger partial charge is 0.467 e. The number of carbonyl (C=O) groups is 9. The predicted octanol–water partition coefficient (Wildman–Crippen LogP) is 2.03. The Labute approximate surface area is 367 Å². The van der Waals surface area contributed by atoms with E-state index in [1.807, 2.05) is 13.8 Å². The van der Waals surface area contributed by atoms with Crippen LogP contribution < -0.4 is 42.5 Å². The van der Waals surface area contributed by atoms with Crippen LogP contribution in [0.3, 0.4) is 0 Å². The lowest BCUT2D eigenvalue weighted by atomic mass is 9.94. The molecule has 1 aromatic rings. The second kappa shape index (κ2) is 19.8. The zero-order valence-electron chi connectivity index (χ0n) is 38.6. The van der Waals surface area contributed by atoms with Crippen molar-refractivity contribution >= 4 is 69.2 Å². The van der Waals surface area contributed by atoms with Gasteiger partial charge in [-0.1, -0.05) is 29.8 Å². The summed E-state index contributed by atoms with van der Waals surface area (Å²) in [5.74, 6) is -6.38. The van der Waals surface area contributed by atoms with Crippen molar-refractivity contribution in [3.05, 3.63) is 34.3 Å². The summed E-state index contributed by atoms with van der Waals surface area (Å²) in [6.07, 6.45) is 0.164. The van der Waals surface area contributed by atoms with E-state index in [1.54, 1.807) is 24.3 Å². The van der Waals surface area contributed by atoms with Crippen LogP contribution in [0.1, 0.15) is 128 Å². The van der Waals surface area contributed by atoms with E-state index in [0.29, 0.717) is 5.56 Å². The minimum absolute atomic E-state index is 0.0913. The Hall–Kier alpha value is -5.07. The molecule has 19 heteroatoms. The monoisotopic (exact) mass is 922 g/mol. The van der Waals surface area contributed by atoms with E-state index in [9.17, 15) is 43.2 Å². The number of halogens is 1. The van der Waals surface area contributed by atoms with E-state index >= 15 is 0 Å². The number of hydrogen-bond acceptors (Lipinski definition) is 10. The van der Waals surface area contributed by atoms with Crippen LogP contribution >= 0.6 is 15.9 Å². The predicted molar refractivity (Wildman–Crippen MR) is 232 cm³/mol. The van der Waals surface area contributed by atoms with Gasteiger partial charge in [0.15, 0.2) is 0 Å². The minimum Gasteiger partial charge on any atom is -0.467 e. The van der Waals surface area contributed by atoms with Gasteiger partial charge in [-0.25, -0.2) is 4.79 Å². The maximum atomic E-state index is 13.7. The summed E-state index contributed by atoms with van der Waals surface area (Å²) in [4.78, 5) is 119. The fourth-order valence-corrected chi connectivity index (χ4v) is 5.51. The maximum Gasteiger partial charge on any atom is 0.330 e. The molecule has 0 fully saturated rings. The highest BCUT2D eigenvalue weighted by atomic mass is 79.9. The number of hydrogen-bond donors (Lipinski definition) is 8. The van der Waals surface area contributed by atoms with Crippen molar-refractivity contribution < 1.29 is 47.9 Å². The third-order valence-corrected chi connectivity index (χ3v) is 10.1. The molecule has 18 nitrogen and oxygen atoms in total. The molecule has 0 aliphatic carbocycles. The van der Waals surface area contributed by atoms with Gasteiger partial charge in [0.25, 0.3) is 5.91 Å². The van der Waals surface area contributed by atoms with E-state index in [-0.39, 0.29) is 12.3 Å². The molecular formula is C42H67BrN8O10. The Morgan fingerprint density at radius 3 is 1.15 bits per heavy atom. The number of rotatable bonds is 19. The Kier molecular flexibility index (Phi) is 17.5. The molecule has 0 aliphatic heterocycles. The Morgan fingerprint density at radius 2 is 0.803 bits per heavy atom. The number of carbonyl (C=O) groups excluding carboxylic acids is 9. The molecule has 342 valence electrons. The molecular weight excluding hydrogens is 856 g/mol. The van der Waals surface area contributed by atoms with Gasteiger partial charge in [-0.2, -0.15) is 0 Å². The molecule has 61 heavy (non-hydrogen) atoms. The molecule has 1 rings (SSSR count). The summed E-state index contributed by atoms with van der Waals surface area (Å²) in [7, 11) is 1.18. The number of nitrogens with one attached hydrogen (secondary N) is 8. The zero-order chi connectivity index (χ0) is 47.9. The summed E-state index contributed by atoms with van der Waals surface area (Å²) >= 11 is 3.31. The second-order valence-corrected chi connectivity index (χ2v) is 20.2. The molecule has 0 heterocycles. The lowest BCUT2D eigenvalue weighted by Crippen LogP contribution is -2.69. The van der Waals surface area contributed by atoms with Gasteiger partial charge in [0.05, 0.1) is 7.11 Å². The summed E-state index contributed by atoms with van der Waals surface area (Å²) in [5, 5.41) is 20.9. The van der Waals surface area contributed by atoms with Crippen LogP contribution in [0, 0.1) is 5.92 Å². The molecule has 1 aromatic carbocycles. The number of methoxy groups -OCH3 is 1. The molecule has 0 saturated carbocycles. The molecule has 1 atom stereocenters. The third-order valence-electron chi connectivity index (χ3n) is 9.53. The molecule has 0 aliphatic rings. The van der Waals surface area contributed by atoms with Crippen molar-refractivity contribution in [1.29, 1.82) is 0 Å². The fourth-order valence-electron chi connectivity index (χ4n) is 5.24. The quantitative estimate of drug-likeness (QED) is 0.0937. The summed E-state index contributed by atoms with van der Waals surface area (Å²) in [6.45, 7) is 23.6. The number of benzene rings is 1. The Morgan fingerprint density at radius 1 is 0.492 bits per heavy atom. The molecule has 8 amide bonds. The maximum absolute atomic E-state index is 13.7. The van der Waals surface area contributed by atoms with Gasteiger partial charge in [0, 0.05) is 10.0 Å². The van der Waals surface area contributed by atoms with Gasteiger partial charge in [0.2, 0.25) is 41.4 Å². The van der Waals surface area contributed by atoms with Crippen LogP contribution in [-0.4, -0.2) is 105 Å². The van der Waals surface area contributed by atoms with E-state index in [0.717, 1.165) is 4.47 Å². The van der Waals surface area contributed by atoms with Crippen LogP contribution in [0.4, 0.5) is 0 Å². The molecule has 0 aromatic heterocycles. The van der Waals surface area contributed by atoms with Crippen molar-refractivity contribution in [2.45, 2.75) is 162 Å². The molecule has 0 radical (unpaired) electrons. The molecule has 0 saturated heterocycles.